The zero-order valence-corrected chi connectivity index (χ0v) is 14.9. The zero-order chi connectivity index (χ0) is 13.9. The van der Waals surface area contributed by atoms with Gasteiger partial charge in [0.1, 0.15) is 4.90 Å². The van der Waals surface area contributed by atoms with Crippen molar-refractivity contribution in [2.75, 3.05) is 11.9 Å². The van der Waals surface area contributed by atoms with Gasteiger partial charge in [-0.2, -0.15) is 0 Å². The first-order chi connectivity index (χ1) is 8.27. The fourth-order valence-electron chi connectivity index (χ4n) is 1.16. The van der Waals surface area contributed by atoms with Crippen molar-refractivity contribution < 1.29 is 8.42 Å². The van der Waals surface area contributed by atoms with Gasteiger partial charge in [0, 0.05) is 16.3 Å². The van der Waals surface area contributed by atoms with Crippen molar-refractivity contribution in [3.05, 3.63) is 26.7 Å². The smallest absolute Gasteiger partial charge is 0.211 e. The molecule has 0 radical (unpaired) electrons. The van der Waals surface area contributed by atoms with E-state index < -0.39 is 10.0 Å². The van der Waals surface area contributed by atoms with Gasteiger partial charge in [-0.3, -0.25) is 0 Å². The number of nitrogens with one attached hydrogen (secondary N) is 1. The maximum Gasteiger partial charge on any atom is 0.243 e. The van der Waals surface area contributed by atoms with Crippen LogP contribution in [0.3, 0.4) is 0 Å². The molecule has 0 spiro atoms. The number of halogens is 4. The Morgan fingerprint density at radius 1 is 1.33 bits per heavy atom. The van der Waals surface area contributed by atoms with E-state index in [0.29, 0.717) is 16.3 Å². The van der Waals surface area contributed by atoms with Crippen LogP contribution in [0.2, 0.25) is 10.0 Å². The zero-order valence-electron chi connectivity index (χ0n) is 9.38. The topological polar surface area (TPSA) is 46.2 Å². The molecule has 3 nitrogen and oxygen atoms in total. The number of hydrogen-bond donors (Lipinski definition) is 1. The Hall–Kier alpha value is 0.670. The second-order valence-electron chi connectivity index (χ2n) is 3.81. The highest BCUT2D eigenvalue weighted by molar-refractivity contribution is 9.10. The molecule has 102 valence electrons. The third kappa shape index (κ3) is 4.35. The lowest BCUT2D eigenvalue weighted by Crippen LogP contribution is -2.29. The van der Waals surface area contributed by atoms with Crippen LogP contribution < -0.4 is 4.72 Å². The Balaban J connectivity index is 3.06. The molecular weight excluding hydrogens is 429 g/mol. The molecule has 1 aromatic carbocycles. The van der Waals surface area contributed by atoms with E-state index in [9.17, 15) is 8.42 Å². The maximum atomic E-state index is 12.1. The molecule has 0 aromatic heterocycles. The molecular formula is C10H11Br2Cl2NO2S. The average Bonchev–Trinajstić information content (AvgIpc) is 2.24. The largest absolute Gasteiger partial charge is 0.243 e. The lowest BCUT2D eigenvalue weighted by molar-refractivity contribution is 0.563. The molecule has 1 aromatic rings. The summed E-state index contributed by atoms with van der Waals surface area (Å²) in [4.78, 5) is -0.0872. The quantitative estimate of drug-likeness (QED) is 0.703. The third-order valence-electron chi connectivity index (χ3n) is 2.12. The Morgan fingerprint density at radius 3 is 2.28 bits per heavy atom. The highest BCUT2D eigenvalue weighted by Crippen LogP contribution is 2.32. The predicted molar refractivity (Wildman–Crippen MR) is 82.3 cm³/mol. The lowest BCUT2D eigenvalue weighted by Gasteiger charge is -2.12. The summed E-state index contributed by atoms with van der Waals surface area (Å²) in [5, 5.41) is 0.888. The van der Waals surface area contributed by atoms with Crippen molar-refractivity contribution in [1.82, 2.24) is 4.72 Å². The summed E-state index contributed by atoms with van der Waals surface area (Å²) in [6, 6.07) is 2.99. The van der Waals surface area contributed by atoms with Crippen LogP contribution in [0.5, 0.6) is 0 Å². The van der Waals surface area contributed by atoms with E-state index >= 15 is 0 Å². The Morgan fingerprint density at radius 2 is 1.83 bits per heavy atom. The van der Waals surface area contributed by atoms with Gasteiger partial charge in [-0.25, -0.2) is 13.1 Å². The van der Waals surface area contributed by atoms with Crippen LogP contribution in [0.25, 0.3) is 0 Å². The van der Waals surface area contributed by atoms with Crippen LogP contribution in [-0.2, 0) is 10.0 Å². The number of hydrogen-bond acceptors (Lipinski definition) is 2. The fraction of sp³-hybridized carbons (Fsp3) is 0.400. The first-order valence-electron chi connectivity index (χ1n) is 4.98. The van der Waals surface area contributed by atoms with Gasteiger partial charge in [0.15, 0.2) is 0 Å². The standard InChI is InChI=1S/C10H11Br2Cl2NO2S/c1-6(4-11)5-15-18(16,17)10-8(13)2-7(12)3-9(10)14/h2-3,6,15H,4-5H2,1H3. The van der Waals surface area contributed by atoms with Crippen molar-refractivity contribution in [3.8, 4) is 0 Å². The summed E-state index contributed by atoms with van der Waals surface area (Å²) < 4.78 is 27.3. The fourth-order valence-corrected chi connectivity index (χ4v) is 4.49. The minimum absolute atomic E-state index is 0.0872. The second kappa shape index (κ2) is 6.90. The molecule has 8 heteroatoms. The van der Waals surface area contributed by atoms with Crippen molar-refractivity contribution >= 4 is 65.1 Å². The van der Waals surface area contributed by atoms with Crippen molar-refractivity contribution in [2.24, 2.45) is 5.92 Å². The van der Waals surface area contributed by atoms with E-state index in [-0.39, 0.29) is 20.9 Å². The molecule has 0 bridgehead atoms. The number of benzene rings is 1. The lowest BCUT2D eigenvalue weighted by atomic mass is 10.2. The molecule has 0 aliphatic rings. The third-order valence-corrected chi connectivity index (χ3v) is 6.02. The molecule has 0 aliphatic heterocycles. The van der Waals surface area contributed by atoms with Gasteiger partial charge in [-0.15, -0.1) is 0 Å². The average molecular weight is 440 g/mol. The molecule has 1 rings (SSSR count). The number of alkyl halides is 1. The minimum atomic E-state index is -3.70. The molecule has 1 N–H and O–H groups in total. The summed E-state index contributed by atoms with van der Waals surface area (Å²) in [6.07, 6.45) is 0. The van der Waals surface area contributed by atoms with E-state index in [0.717, 1.165) is 0 Å². The van der Waals surface area contributed by atoms with E-state index in [2.05, 4.69) is 36.6 Å². The molecule has 0 aliphatic carbocycles. The molecule has 0 saturated heterocycles. The van der Waals surface area contributed by atoms with Crippen LogP contribution in [0.15, 0.2) is 21.5 Å². The maximum absolute atomic E-state index is 12.1. The van der Waals surface area contributed by atoms with Gasteiger partial charge >= 0.3 is 0 Å². The van der Waals surface area contributed by atoms with Gasteiger partial charge in [-0.1, -0.05) is 62.0 Å². The van der Waals surface area contributed by atoms with Crippen molar-refractivity contribution in [1.29, 1.82) is 0 Å². The predicted octanol–water partition coefficient (Wildman–Crippen LogP) is 4.07. The molecule has 0 heterocycles. The summed E-state index contributed by atoms with van der Waals surface area (Å²) in [5.74, 6) is 0.174. The van der Waals surface area contributed by atoms with Gasteiger partial charge in [-0.05, 0) is 18.1 Å². The molecule has 1 atom stereocenters. The molecule has 0 amide bonds. The van der Waals surface area contributed by atoms with Gasteiger partial charge in [0.25, 0.3) is 0 Å². The SMILES string of the molecule is CC(CBr)CNS(=O)(=O)c1c(Cl)cc(Br)cc1Cl. The minimum Gasteiger partial charge on any atom is -0.211 e. The van der Waals surface area contributed by atoms with Crippen molar-refractivity contribution in [3.63, 3.8) is 0 Å². The van der Waals surface area contributed by atoms with Crippen LogP contribution in [-0.4, -0.2) is 20.3 Å². The summed E-state index contributed by atoms with van der Waals surface area (Å²) >= 11 is 18.3. The first-order valence-corrected chi connectivity index (χ1v) is 9.13. The molecule has 1 unspecified atom stereocenters. The summed E-state index contributed by atoms with van der Waals surface area (Å²) in [6.45, 7) is 2.23. The molecule has 18 heavy (non-hydrogen) atoms. The van der Waals surface area contributed by atoms with Crippen molar-refractivity contribution in [2.45, 2.75) is 11.8 Å². The summed E-state index contributed by atoms with van der Waals surface area (Å²) in [5.41, 5.74) is 0. The van der Waals surface area contributed by atoms with Gasteiger partial charge < -0.3 is 0 Å². The van der Waals surface area contributed by atoms with Crippen LogP contribution in [0.1, 0.15) is 6.92 Å². The Bertz CT molecular complexity index is 514. The normalized spacial score (nSPS) is 13.6. The first kappa shape index (κ1) is 16.7. The van der Waals surface area contributed by atoms with E-state index in [1.165, 1.54) is 12.1 Å². The van der Waals surface area contributed by atoms with E-state index in [1.54, 1.807) is 0 Å². The Kier molecular flexibility index (Phi) is 6.41. The second-order valence-corrected chi connectivity index (χ2v) is 7.89. The van der Waals surface area contributed by atoms with E-state index in [4.69, 9.17) is 23.2 Å². The van der Waals surface area contributed by atoms with Crippen LogP contribution >= 0.6 is 55.1 Å². The van der Waals surface area contributed by atoms with Crippen LogP contribution in [0, 0.1) is 5.92 Å². The molecule has 0 fully saturated rings. The van der Waals surface area contributed by atoms with Crippen LogP contribution in [0.4, 0.5) is 0 Å². The number of rotatable bonds is 5. The highest BCUT2D eigenvalue weighted by atomic mass is 79.9. The Labute approximate surface area is 134 Å². The van der Waals surface area contributed by atoms with Gasteiger partial charge in [0.05, 0.1) is 10.0 Å². The highest BCUT2D eigenvalue weighted by Gasteiger charge is 2.22. The monoisotopic (exact) mass is 437 g/mol. The number of sulfonamides is 1. The summed E-state index contributed by atoms with van der Waals surface area (Å²) in [7, 11) is -3.70. The van der Waals surface area contributed by atoms with Gasteiger partial charge in [0.2, 0.25) is 10.0 Å². The van der Waals surface area contributed by atoms with E-state index in [1.807, 2.05) is 6.92 Å². The molecule has 0 saturated carbocycles.